The molecular formula is C19H22ClFN2O2. The molecule has 0 bridgehead atoms. The third-order valence-electron chi connectivity index (χ3n) is 3.60. The molecule has 0 spiro atoms. The summed E-state index contributed by atoms with van der Waals surface area (Å²) in [6.45, 7) is 1.71. The van der Waals surface area contributed by atoms with Crippen molar-refractivity contribution >= 4 is 17.5 Å². The van der Waals surface area contributed by atoms with Gasteiger partial charge in [0.25, 0.3) is 0 Å². The predicted octanol–water partition coefficient (Wildman–Crippen LogP) is 3.50. The zero-order chi connectivity index (χ0) is 18.1. The van der Waals surface area contributed by atoms with Crippen LogP contribution in [0.3, 0.4) is 0 Å². The Balaban J connectivity index is 1.62. The van der Waals surface area contributed by atoms with Crippen LogP contribution in [0.4, 0.5) is 4.39 Å². The van der Waals surface area contributed by atoms with Crippen molar-refractivity contribution in [1.29, 1.82) is 0 Å². The molecule has 0 aliphatic heterocycles. The predicted molar refractivity (Wildman–Crippen MR) is 97.3 cm³/mol. The number of amides is 1. The van der Waals surface area contributed by atoms with Gasteiger partial charge in [0.15, 0.2) is 0 Å². The standard InChI is InChI=1S/C19H22ClFN2O2/c1-23(10-5-11-25-17-8-4-7-16(20)12-17)14-19(24)22-13-15-6-2-3-9-18(15)21/h2-4,6-9,12H,5,10-11,13-14H2,1H3,(H,22,24). The van der Waals surface area contributed by atoms with Crippen molar-refractivity contribution in [3.8, 4) is 5.75 Å². The first-order chi connectivity index (χ1) is 12.0. The van der Waals surface area contributed by atoms with E-state index in [1.165, 1.54) is 6.07 Å². The lowest BCUT2D eigenvalue weighted by atomic mass is 10.2. The number of halogens is 2. The van der Waals surface area contributed by atoms with Gasteiger partial charge in [0.05, 0.1) is 13.2 Å². The molecule has 0 aliphatic rings. The molecule has 4 nitrogen and oxygen atoms in total. The first kappa shape index (κ1) is 19.2. The van der Waals surface area contributed by atoms with Crippen LogP contribution in [0.2, 0.25) is 5.02 Å². The SMILES string of the molecule is CN(CCCOc1cccc(Cl)c1)CC(=O)NCc1ccccc1F. The summed E-state index contributed by atoms with van der Waals surface area (Å²) >= 11 is 5.89. The first-order valence-electron chi connectivity index (χ1n) is 8.11. The van der Waals surface area contributed by atoms with Crippen molar-refractivity contribution in [2.45, 2.75) is 13.0 Å². The molecule has 0 heterocycles. The van der Waals surface area contributed by atoms with E-state index in [0.29, 0.717) is 23.7 Å². The van der Waals surface area contributed by atoms with Gasteiger partial charge >= 0.3 is 0 Å². The van der Waals surface area contributed by atoms with Crippen LogP contribution < -0.4 is 10.1 Å². The Kier molecular flexibility index (Phi) is 7.70. The zero-order valence-electron chi connectivity index (χ0n) is 14.2. The second-order valence-electron chi connectivity index (χ2n) is 5.77. The van der Waals surface area contributed by atoms with Gasteiger partial charge in [-0.1, -0.05) is 35.9 Å². The summed E-state index contributed by atoms with van der Waals surface area (Å²) in [6.07, 6.45) is 0.781. The number of carbonyl (C=O) groups is 1. The highest BCUT2D eigenvalue weighted by Crippen LogP contribution is 2.17. The smallest absolute Gasteiger partial charge is 0.234 e. The van der Waals surface area contributed by atoms with Crippen molar-refractivity contribution in [2.24, 2.45) is 0 Å². The van der Waals surface area contributed by atoms with Gasteiger partial charge in [-0.05, 0) is 37.7 Å². The Bertz CT molecular complexity index is 697. The van der Waals surface area contributed by atoms with E-state index in [0.717, 1.165) is 12.2 Å². The Morgan fingerprint density at radius 2 is 2.04 bits per heavy atom. The number of carbonyl (C=O) groups excluding carboxylic acids is 1. The number of ether oxygens (including phenoxy) is 1. The molecule has 134 valence electrons. The van der Waals surface area contributed by atoms with Crippen molar-refractivity contribution in [1.82, 2.24) is 10.2 Å². The maximum absolute atomic E-state index is 13.5. The monoisotopic (exact) mass is 364 g/mol. The van der Waals surface area contributed by atoms with E-state index < -0.39 is 0 Å². The van der Waals surface area contributed by atoms with Crippen LogP contribution in [0, 0.1) is 5.82 Å². The Hall–Kier alpha value is -2.11. The van der Waals surface area contributed by atoms with Gasteiger partial charge in [0.1, 0.15) is 11.6 Å². The normalized spacial score (nSPS) is 10.7. The number of hydrogen-bond acceptors (Lipinski definition) is 3. The van der Waals surface area contributed by atoms with Crippen LogP contribution in [-0.4, -0.2) is 37.6 Å². The molecule has 2 rings (SSSR count). The summed E-state index contributed by atoms with van der Waals surface area (Å²) in [5.74, 6) is 0.286. The minimum absolute atomic E-state index is 0.137. The van der Waals surface area contributed by atoms with Crippen LogP contribution in [0.15, 0.2) is 48.5 Å². The molecule has 0 aromatic heterocycles. The van der Waals surface area contributed by atoms with Gasteiger partial charge in [-0.2, -0.15) is 0 Å². The lowest BCUT2D eigenvalue weighted by Gasteiger charge is -2.16. The summed E-state index contributed by atoms with van der Waals surface area (Å²) in [4.78, 5) is 13.8. The van der Waals surface area contributed by atoms with Gasteiger partial charge in [0.2, 0.25) is 5.91 Å². The van der Waals surface area contributed by atoms with E-state index in [1.54, 1.807) is 30.3 Å². The minimum atomic E-state index is -0.311. The summed E-state index contributed by atoms with van der Waals surface area (Å²) in [5, 5.41) is 3.37. The number of hydrogen-bond donors (Lipinski definition) is 1. The number of nitrogens with zero attached hydrogens (tertiary/aromatic N) is 1. The average molecular weight is 365 g/mol. The highest BCUT2D eigenvalue weighted by molar-refractivity contribution is 6.30. The molecule has 6 heteroatoms. The summed E-state index contributed by atoms with van der Waals surface area (Å²) in [5.41, 5.74) is 0.480. The molecule has 0 saturated heterocycles. The molecule has 2 aromatic carbocycles. The topological polar surface area (TPSA) is 41.6 Å². The molecule has 0 fully saturated rings. The highest BCUT2D eigenvalue weighted by Gasteiger charge is 2.08. The third-order valence-corrected chi connectivity index (χ3v) is 3.83. The number of nitrogens with one attached hydrogen (secondary N) is 1. The number of likely N-dealkylation sites (N-methyl/N-ethyl adjacent to an activating group) is 1. The summed E-state index contributed by atoms with van der Waals surface area (Å²) in [7, 11) is 1.86. The van der Waals surface area contributed by atoms with E-state index in [9.17, 15) is 9.18 Å². The van der Waals surface area contributed by atoms with Gasteiger partial charge in [-0.25, -0.2) is 4.39 Å². The fraction of sp³-hybridized carbons (Fsp3) is 0.316. The van der Waals surface area contributed by atoms with Crippen molar-refractivity contribution < 1.29 is 13.9 Å². The van der Waals surface area contributed by atoms with Crippen LogP contribution in [0.1, 0.15) is 12.0 Å². The molecule has 2 aromatic rings. The maximum Gasteiger partial charge on any atom is 0.234 e. The fourth-order valence-electron chi connectivity index (χ4n) is 2.30. The fourth-order valence-corrected chi connectivity index (χ4v) is 2.48. The molecule has 0 unspecified atom stereocenters. The number of rotatable bonds is 9. The maximum atomic E-state index is 13.5. The zero-order valence-corrected chi connectivity index (χ0v) is 14.9. The average Bonchev–Trinajstić information content (AvgIpc) is 2.58. The number of benzene rings is 2. The van der Waals surface area contributed by atoms with Crippen LogP contribution in [-0.2, 0) is 11.3 Å². The third kappa shape index (κ3) is 7.11. The Labute approximate surface area is 152 Å². The molecule has 0 radical (unpaired) electrons. The highest BCUT2D eigenvalue weighted by atomic mass is 35.5. The van der Waals surface area contributed by atoms with E-state index >= 15 is 0 Å². The largest absolute Gasteiger partial charge is 0.493 e. The quantitative estimate of drug-likeness (QED) is 0.692. The second-order valence-corrected chi connectivity index (χ2v) is 6.20. The molecule has 25 heavy (non-hydrogen) atoms. The minimum Gasteiger partial charge on any atom is -0.493 e. The molecule has 0 aliphatic carbocycles. The first-order valence-corrected chi connectivity index (χ1v) is 8.49. The van der Waals surface area contributed by atoms with E-state index in [1.807, 2.05) is 24.1 Å². The molecule has 0 saturated carbocycles. The summed E-state index contributed by atoms with van der Waals surface area (Å²) < 4.78 is 19.1. The molecular weight excluding hydrogens is 343 g/mol. The van der Waals surface area contributed by atoms with Crippen molar-refractivity contribution in [2.75, 3.05) is 26.7 Å². The molecule has 1 N–H and O–H groups in total. The second kappa shape index (κ2) is 10.0. The van der Waals surface area contributed by atoms with Crippen LogP contribution in [0.25, 0.3) is 0 Å². The molecule has 0 atom stereocenters. The van der Waals surface area contributed by atoms with E-state index in [2.05, 4.69) is 5.32 Å². The van der Waals surface area contributed by atoms with Crippen LogP contribution >= 0.6 is 11.6 Å². The Morgan fingerprint density at radius 3 is 2.80 bits per heavy atom. The van der Waals surface area contributed by atoms with Gasteiger partial charge in [-0.15, -0.1) is 0 Å². The lowest BCUT2D eigenvalue weighted by Crippen LogP contribution is -2.35. The van der Waals surface area contributed by atoms with E-state index in [4.69, 9.17) is 16.3 Å². The van der Waals surface area contributed by atoms with Gasteiger partial charge < -0.3 is 10.1 Å². The lowest BCUT2D eigenvalue weighted by molar-refractivity contribution is -0.122. The van der Waals surface area contributed by atoms with Crippen molar-refractivity contribution in [3.05, 3.63) is 64.9 Å². The van der Waals surface area contributed by atoms with E-state index in [-0.39, 0.29) is 24.8 Å². The van der Waals surface area contributed by atoms with Gasteiger partial charge in [0, 0.05) is 23.7 Å². The van der Waals surface area contributed by atoms with Crippen molar-refractivity contribution in [3.63, 3.8) is 0 Å². The molecule has 1 amide bonds. The van der Waals surface area contributed by atoms with Crippen LogP contribution in [0.5, 0.6) is 5.75 Å². The van der Waals surface area contributed by atoms with Gasteiger partial charge in [-0.3, -0.25) is 9.69 Å². The Morgan fingerprint density at radius 1 is 1.24 bits per heavy atom. The summed E-state index contributed by atoms with van der Waals surface area (Å²) in [6, 6.07) is 13.7.